The zero-order valence-corrected chi connectivity index (χ0v) is 18.0. The molecule has 0 aliphatic rings. The van der Waals surface area contributed by atoms with Crippen molar-refractivity contribution in [2.24, 2.45) is 0 Å². The van der Waals surface area contributed by atoms with Crippen LogP contribution in [0, 0.1) is 20.8 Å². The fourth-order valence-electron chi connectivity index (χ4n) is 3.72. The minimum Gasteiger partial charge on any atom is -0.326 e. The van der Waals surface area contributed by atoms with Gasteiger partial charge in [0.15, 0.2) is 0 Å². The van der Waals surface area contributed by atoms with E-state index in [1.807, 2.05) is 53.9 Å². The quantitative estimate of drug-likeness (QED) is 0.472. The average Bonchev–Trinajstić information content (AvgIpc) is 3.10. The van der Waals surface area contributed by atoms with Crippen LogP contribution in [0.2, 0.25) is 0 Å². The van der Waals surface area contributed by atoms with E-state index in [0.717, 1.165) is 40.3 Å². The summed E-state index contributed by atoms with van der Waals surface area (Å²) in [5.74, 6) is -0.0485. The largest absolute Gasteiger partial charge is 0.326 e. The third-order valence-electron chi connectivity index (χ3n) is 5.70. The van der Waals surface area contributed by atoms with Crippen molar-refractivity contribution in [3.63, 3.8) is 0 Å². The first-order valence-corrected chi connectivity index (χ1v) is 10.4. The molecular formula is C26H27N3O. The summed E-state index contributed by atoms with van der Waals surface area (Å²) in [4.78, 5) is 17.8. The van der Waals surface area contributed by atoms with Crippen molar-refractivity contribution >= 4 is 17.2 Å². The molecule has 0 aliphatic heterocycles. The third kappa shape index (κ3) is 3.86. The van der Waals surface area contributed by atoms with Gasteiger partial charge in [-0.05, 0) is 73.7 Å². The van der Waals surface area contributed by atoms with Crippen molar-refractivity contribution in [3.8, 4) is 11.3 Å². The number of rotatable bonds is 5. The van der Waals surface area contributed by atoms with Crippen LogP contribution in [0.4, 0.5) is 5.69 Å². The van der Waals surface area contributed by atoms with Gasteiger partial charge in [-0.3, -0.25) is 4.79 Å². The van der Waals surface area contributed by atoms with Gasteiger partial charge >= 0.3 is 0 Å². The van der Waals surface area contributed by atoms with Gasteiger partial charge in [0, 0.05) is 17.4 Å². The standard InChI is InChI=1S/C26H27N3O/c1-5-20-9-12-22(13-10-20)27-24(30)16-23-25(21-11-8-17(2)19(4)15-21)28-26-18(3)7-6-14-29(23)26/h6-15H,5,16H2,1-4H3,(H,27,30). The Balaban J connectivity index is 1.71. The predicted molar refractivity (Wildman–Crippen MR) is 123 cm³/mol. The van der Waals surface area contributed by atoms with Crippen molar-refractivity contribution in [3.05, 3.63) is 88.7 Å². The van der Waals surface area contributed by atoms with Gasteiger partial charge in [-0.1, -0.05) is 37.3 Å². The van der Waals surface area contributed by atoms with E-state index in [2.05, 4.69) is 44.3 Å². The third-order valence-corrected chi connectivity index (χ3v) is 5.70. The highest BCUT2D eigenvalue weighted by Crippen LogP contribution is 2.28. The molecule has 152 valence electrons. The van der Waals surface area contributed by atoms with E-state index in [0.29, 0.717) is 0 Å². The summed E-state index contributed by atoms with van der Waals surface area (Å²) in [6, 6.07) is 18.4. The first-order chi connectivity index (χ1) is 14.5. The van der Waals surface area contributed by atoms with E-state index in [-0.39, 0.29) is 12.3 Å². The van der Waals surface area contributed by atoms with Crippen molar-refractivity contribution in [1.29, 1.82) is 0 Å². The summed E-state index contributed by atoms with van der Waals surface area (Å²) in [7, 11) is 0. The fourth-order valence-corrected chi connectivity index (χ4v) is 3.72. The molecule has 1 amide bonds. The van der Waals surface area contributed by atoms with Crippen LogP contribution < -0.4 is 5.32 Å². The van der Waals surface area contributed by atoms with Gasteiger partial charge in [-0.25, -0.2) is 4.98 Å². The monoisotopic (exact) mass is 397 g/mol. The number of hydrogen-bond donors (Lipinski definition) is 1. The first-order valence-electron chi connectivity index (χ1n) is 10.4. The summed E-state index contributed by atoms with van der Waals surface area (Å²) < 4.78 is 2.04. The number of carbonyl (C=O) groups is 1. The number of fused-ring (bicyclic) bond motifs is 1. The Morgan fingerprint density at radius 3 is 2.43 bits per heavy atom. The molecule has 0 bridgehead atoms. The molecule has 2 aromatic carbocycles. The Labute approximate surface area is 177 Å². The van der Waals surface area contributed by atoms with E-state index < -0.39 is 0 Å². The first kappa shape index (κ1) is 19.9. The lowest BCUT2D eigenvalue weighted by atomic mass is 10.0. The van der Waals surface area contributed by atoms with Crippen LogP contribution in [0.25, 0.3) is 16.9 Å². The zero-order chi connectivity index (χ0) is 21.3. The average molecular weight is 398 g/mol. The fraction of sp³-hybridized carbons (Fsp3) is 0.231. The molecule has 0 saturated heterocycles. The van der Waals surface area contributed by atoms with Crippen molar-refractivity contribution < 1.29 is 4.79 Å². The molecule has 2 aromatic heterocycles. The van der Waals surface area contributed by atoms with E-state index in [1.54, 1.807) is 0 Å². The number of amides is 1. The van der Waals surface area contributed by atoms with Crippen LogP contribution in [0.1, 0.15) is 34.9 Å². The highest BCUT2D eigenvalue weighted by Gasteiger charge is 2.18. The highest BCUT2D eigenvalue weighted by molar-refractivity contribution is 5.93. The number of nitrogens with one attached hydrogen (secondary N) is 1. The topological polar surface area (TPSA) is 46.4 Å². The van der Waals surface area contributed by atoms with E-state index in [4.69, 9.17) is 4.98 Å². The second-order valence-corrected chi connectivity index (χ2v) is 7.87. The molecule has 4 nitrogen and oxygen atoms in total. The molecule has 0 atom stereocenters. The lowest BCUT2D eigenvalue weighted by molar-refractivity contribution is -0.115. The van der Waals surface area contributed by atoms with Gasteiger partial charge in [-0.15, -0.1) is 0 Å². The van der Waals surface area contributed by atoms with Crippen LogP contribution in [-0.2, 0) is 17.6 Å². The molecule has 0 radical (unpaired) electrons. The summed E-state index contributed by atoms with van der Waals surface area (Å²) in [5, 5.41) is 3.03. The maximum Gasteiger partial charge on any atom is 0.230 e. The molecule has 30 heavy (non-hydrogen) atoms. The lowest BCUT2D eigenvalue weighted by Gasteiger charge is -2.09. The van der Waals surface area contributed by atoms with Crippen LogP contribution in [0.5, 0.6) is 0 Å². The highest BCUT2D eigenvalue weighted by atomic mass is 16.1. The van der Waals surface area contributed by atoms with Crippen molar-refractivity contribution in [1.82, 2.24) is 9.38 Å². The van der Waals surface area contributed by atoms with Crippen LogP contribution in [0.3, 0.4) is 0 Å². The maximum atomic E-state index is 12.9. The second-order valence-electron chi connectivity index (χ2n) is 7.87. The Morgan fingerprint density at radius 2 is 1.73 bits per heavy atom. The molecular weight excluding hydrogens is 370 g/mol. The van der Waals surface area contributed by atoms with Crippen LogP contribution in [-0.4, -0.2) is 15.3 Å². The minimum absolute atomic E-state index is 0.0485. The number of carbonyl (C=O) groups excluding carboxylic acids is 1. The van der Waals surface area contributed by atoms with Crippen molar-refractivity contribution in [2.45, 2.75) is 40.5 Å². The number of hydrogen-bond acceptors (Lipinski definition) is 2. The summed E-state index contributed by atoms with van der Waals surface area (Å²) >= 11 is 0. The van der Waals surface area contributed by atoms with E-state index >= 15 is 0 Å². The molecule has 4 aromatic rings. The Hall–Kier alpha value is -3.40. The number of imidazole rings is 1. The summed E-state index contributed by atoms with van der Waals surface area (Å²) in [6.45, 7) is 8.37. The Kier molecular flexibility index (Phi) is 5.40. The van der Waals surface area contributed by atoms with E-state index in [9.17, 15) is 4.79 Å². The van der Waals surface area contributed by atoms with Gasteiger partial charge in [0.05, 0.1) is 17.8 Å². The van der Waals surface area contributed by atoms with Crippen molar-refractivity contribution in [2.75, 3.05) is 5.32 Å². The van der Waals surface area contributed by atoms with Gasteiger partial charge in [0.1, 0.15) is 5.65 Å². The molecule has 0 unspecified atom stereocenters. The number of aryl methyl sites for hydroxylation is 4. The van der Waals surface area contributed by atoms with E-state index in [1.165, 1.54) is 16.7 Å². The molecule has 2 heterocycles. The summed E-state index contributed by atoms with van der Waals surface area (Å²) in [6.07, 6.45) is 3.22. The Bertz CT molecular complexity index is 1220. The predicted octanol–water partition coefficient (Wildman–Crippen LogP) is 5.67. The molecule has 0 fully saturated rings. The van der Waals surface area contributed by atoms with Gasteiger partial charge in [0.25, 0.3) is 0 Å². The number of pyridine rings is 1. The number of benzene rings is 2. The maximum absolute atomic E-state index is 12.9. The minimum atomic E-state index is -0.0485. The zero-order valence-electron chi connectivity index (χ0n) is 18.0. The SMILES string of the molecule is CCc1ccc(NC(=O)Cc2c(-c3ccc(C)c(C)c3)nc3c(C)cccn23)cc1. The van der Waals surface area contributed by atoms with Crippen LogP contribution in [0.15, 0.2) is 60.8 Å². The normalized spacial score (nSPS) is 11.1. The molecule has 1 N–H and O–H groups in total. The number of nitrogens with zero attached hydrogens (tertiary/aromatic N) is 2. The molecule has 0 saturated carbocycles. The molecule has 0 aliphatic carbocycles. The molecule has 4 rings (SSSR count). The summed E-state index contributed by atoms with van der Waals surface area (Å²) in [5.41, 5.74) is 9.31. The Morgan fingerprint density at radius 1 is 0.967 bits per heavy atom. The molecule has 4 heteroatoms. The van der Waals surface area contributed by atoms with Gasteiger partial charge in [0.2, 0.25) is 5.91 Å². The number of anilines is 1. The lowest BCUT2D eigenvalue weighted by Crippen LogP contribution is -2.16. The van der Waals surface area contributed by atoms with Gasteiger partial charge < -0.3 is 9.72 Å². The number of aromatic nitrogens is 2. The second kappa shape index (κ2) is 8.15. The smallest absolute Gasteiger partial charge is 0.230 e. The van der Waals surface area contributed by atoms with Crippen LogP contribution >= 0.6 is 0 Å². The van der Waals surface area contributed by atoms with Gasteiger partial charge in [-0.2, -0.15) is 0 Å². The molecule has 0 spiro atoms.